The second-order valence-electron chi connectivity index (χ2n) is 7.34. The summed E-state index contributed by atoms with van der Waals surface area (Å²) in [5, 5.41) is 9.46. The fraction of sp³-hybridized carbons (Fsp3) is 0.120. The third-order valence-corrected chi connectivity index (χ3v) is 5.30. The van der Waals surface area contributed by atoms with Crippen molar-refractivity contribution >= 4 is 28.9 Å². The van der Waals surface area contributed by atoms with E-state index >= 15 is 0 Å². The lowest BCUT2D eigenvalue weighted by molar-refractivity contribution is -0.113. The van der Waals surface area contributed by atoms with Gasteiger partial charge in [0.05, 0.1) is 11.6 Å². The average Bonchev–Trinajstić information content (AvgIpc) is 2.79. The summed E-state index contributed by atoms with van der Waals surface area (Å²) in [6, 6.07) is 22.5. The van der Waals surface area contributed by atoms with E-state index in [0.29, 0.717) is 34.4 Å². The van der Waals surface area contributed by atoms with E-state index in [9.17, 15) is 9.18 Å². The summed E-state index contributed by atoms with van der Waals surface area (Å²) in [4.78, 5) is 13.2. The van der Waals surface area contributed by atoms with E-state index in [1.54, 1.807) is 6.92 Å². The molecule has 0 bridgehead atoms. The van der Waals surface area contributed by atoms with E-state index in [0.717, 1.165) is 11.1 Å². The van der Waals surface area contributed by atoms with Crippen molar-refractivity contribution in [3.63, 3.8) is 0 Å². The van der Waals surface area contributed by atoms with Crippen molar-refractivity contribution in [3.05, 3.63) is 107 Å². The Bertz CT molecular complexity index is 1160. The number of nitrogens with one attached hydrogen (secondary N) is 3. The number of anilines is 1. The minimum Gasteiger partial charge on any atom is -0.489 e. The van der Waals surface area contributed by atoms with Gasteiger partial charge < -0.3 is 20.7 Å². The molecule has 1 unspecified atom stereocenters. The quantitative estimate of drug-likeness (QED) is 0.472. The summed E-state index contributed by atoms with van der Waals surface area (Å²) in [6.07, 6.45) is 0. The number of hydrogen-bond acceptors (Lipinski definition) is 3. The predicted molar refractivity (Wildman–Crippen MR) is 127 cm³/mol. The lowest BCUT2D eigenvalue weighted by atomic mass is 9.94. The van der Waals surface area contributed by atoms with Gasteiger partial charge >= 0.3 is 0 Å². The van der Waals surface area contributed by atoms with Crippen LogP contribution in [0.15, 0.2) is 90.1 Å². The number of para-hydroxylation sites is 1. The van der Waals surface area contributed by atoms with Crippen LogP contribution < -0.4 is 20.7 Å². The summed E-state index contributed by atoms with van der Waals surface area (Å²) in [5.74, 6) is -0.0370. The van der Waals surface area contributed by atoms with E-state index in [1.165, 1.54) is 24.3 Å². The van der Waals surface area contributed by atoms with Gasteiger partial charge in [0, 0.05) is 16.9 Å². The zero-order chi connectivity index (χ0) is 22.5. The molecule has 5 nitrogen and oxygen atoms in total. The van der Waals surface area contributed by atoms with Crippen molar-refractivity contribution in [2.24, 2.45) is 0 Å². The minimum atomic E-state index is -0.517. The van der Waals surface area contributed by atoms with Crippen molar-refractivity contribution in [1.82, 2.24) is 10.6 Å². The molecule has 162 valence electrons. The first-order valence-corrected chi connectivity index (χ1v) is 10.5. The number of carbonyl (C=O) groups is 1. The Hall–Kier alpha value is -3.71. The number of benzene rings is 3. The number of halogens is 1. The number of carbonyl (C=O) groups excluding carboxylic acids is 1. The summed E-state index contributed by atoms with van der Waals surface area (Å²) >= 11 is 5.36. The Balaban J connectivity index is 1.63. The first-order chi connectivity index (χ1) is 15.5. The Morgan fingerprint density at radius 3 is 2.47 bits per heavy atom. The molecule has 32 heavy (non-hydrogen) atoms. The first kappa shape index (κ1) is 21.5. The third kappa shape index (κ3) is 4.95. The fourth-order valence-electron chi connectivity index (χ4n) is 3.55. The summed E-state index contributed by atoms with van der Waals surface area (Å²) < 4.78 is 19.3. The molecular weight excluding hydrogens is 425 g/mol. The molecule has 1 aliphatic rings. The largest absolute Gasteiger partial charge is 0.489 e. The molecule has 0 saturated heterocycles. The van der Waals surface area contributed by atoms with Crippen molar-refractivity contribution < 1.29 is 13.9 Å². The molecule has 1 aliphatic heterocycles. The molecule has 0 radical (unpaired) electrons. The molecule has 3 N–H and O–H groups in total. The molecular formula is C25H22FN3O2S. The van der Waals surface area contributed by atoms with Crippen LogP contribution in [0, 0.1) is 5.82 Å². The molecule has 1 atom stereocenters. The monoisotopic (exact) mass is 447 g/mol. The zero-order valence-corrected chi connectivity index (χ0v) is 18.2. The average molecular weight is 448 g/mol. The molecule has 1 heterocycles. The van der Waals surface area contributed by atoms with Gasteiger partial charge in [-0.3, -0.25) is 4.79 Å². The molecule has 0 fully saturated rings. The Kier molecular flexibility index (Phi) is 6.47. The highest BCUT2D eigenvalue weighted by Gasteiger charge is 2.31. The Morgan fingerprint density at radius 2 is 1.72 bits per heavy atom. The molecule has 0 saturated carbocycles. The number of allylic oxidation sites excluding steroid dienone is 1. The fourth-order valence-corrected chi connectivity index (χ4v) is 3.82. The van der Waals surface area contributed by atoms with Gasteiger partial charge in [0.25, 0.3) is 5.91 Å². The SMILES string of the molecule is CC1=C(C(=O)Nc2ccc(F)cc2)C(c2ccccc2OCc2ccccc2)NC(=S)N1. The summed E-state index contributed by atoms with van der Waals surface area (Å²) in [6.45, 7) is 2.19. The topological polar surface area (TPSA) is 62.4 Å². The van der Waals surface area contributed by atoms with Crippen LogP contribution in [0.5, 0.6) is 5.75 Å². The van der Waals surface area contributed by atoms with Gasteiger partial charge in [0.1, 0.15) is 18.2 Å². The van der Waals surface area contributed by atoms with Crippen molar-refractivity contribution in [1.29, 1.82) is 0 Å². The standard InChI is InChI=1S/C25H22FN3O2S/c1-16-22(24(30)28-19-13-11-18(26)12-14-19)23(29-25(32)27-16)20-9-5-6-10-21(20)31-15-17-7-3-2-4-8-17/h2-14,23H,15H2,1H3,(H,28,30)(H2,27,29,32). The molecule has 1 amide bonds. The maximum atomic E-state index is 13.2. The Labute approximate surface area is 191 Å². The van der Waals surface area contributed by atoms with Crippen molar-refractivity contribution in [2.75, 3.05) is 5.32 Å². The Morgan fingerprint density at radius 1 is 1.03 bits per heavy atom. The van der Waals surface area contributed by atoms with Crippen LogP contribution >= 0.6 is 12.2 Å². The number of ether oxygens (including phenoxy) is 1. The van der Waals surface area contributed by atoms with E-state index in [2.05, 4.69) is 16.0 Å². The maximum absolute atomic E-state index is 13.2. The number of thiocarbonyl (C=S) groups is 1. The second kappa shape index (κ2) is 9.62. The molecule has 0 spiro atoms. The second-order valence-corrected chi connectivity index (χ2v) is 7.75. The van der Waals surface area contributed by atoms with Gasteiger partial charge in [0.15, 0.2) is 5.11 Å². The minimum absolute atomic E-state index is 0.320. The molecule has 0 aromatic heterocycles. The van der Waals surface area contributed by atoms with Crippen LogP contribution in [0.3, 0.4) is 0 Å². The van der Waals surface area contributed by atoms with Crippen molar-refractivity contribution in [2.45, 2.75) is 19.6 Å². The van der Waals surface area contributed by atoms with E-state index < -0.39 is 6.04 Å². The van der Waals surface area contributed by atoms with Gasteiger partial charge in [0.2, 0.25) is 0 Å². The summed E-state index contributed by atoms with van der Waals surface area (Å²) in [7, 11) is 0. The van der Waals surface area contributed by atoms with Crippen LogP contribution in [-0.4, -0.2) is 11.0 Å². The first-order valence-electron chi connectivity index (χ1n) is 10.1. The number of hydrogen-bond donors (Lipinski definition) is 3. The van der Waals surface area contributed by atoms with Gasteiger partial charge in [-0.1, -0.05) is 48.5 Å². The molecule has 4 rings (SSSR count). The lowest BCUT2D eigenvalue weighted by Gasteiger charge is -2.31. The van der Waals surface area contributed by atoms with Gasteiger partial charge in [-0.25, -0.2) is 4.39 Å². The van der Waals surface area contributed by atoms with Crippen LogP contribution in [0.1, 0.15) is 24.1 Å². The van der Waals surface area contributed by atoms with Crippen LogP contribution in [-0.2, 0) is 11.4 Å². The highest BCUT2D eigenvalue weighted by molar-refractivity contribution is 7.80. The van der Waals surface area contributed by atoms with Gasteiger partial charge in [-0.05, 0) is 55.0 Å². The maximum Gasteiger partial charge on any atom is 0.255 e. The van der Waals surface area contributed by atoms with Crippen LogP contribution in [0.2, 0.25) is 0 Å². The normalized spacial score (nSPS) is 15.6. The number of amides is 1. The lowest BCUT2D eigenvalue weighted by Crippen LogP contribution is -2.45. The van der Waals surface area contributed by atoms with E-state index in [1.807, 2.05) is 54.6 Å². The smallest absolute Gasteiger partial charge is 0.255 e. The highest BCUT2D eigenvalue weighted by atomic mass is 32.1. The number of rotatable bonds is 6. The van der Waals surface area contributed by atoms with Gasteiger partial charge in [-0.2, -0.15) is 0 Å². The zero-order valence-electron chi connectivity index (χ0n) is 17.4. The van der Waals surface area contributed by atoms with E-state index in [4.69, 9.17) is 17.0 Å². The van der Waals surface area contributed by atoms with Crippen LogP contribution in [0.25, 0.3) is 0 Å². The van der Waals surface area contributed by atoms with Crippen molar-refractivity contribution in [3.8, 4) is 5.75 Å². The molecule has 7 heteroatoms. The molecule has 3 aromatic rings. The highest BCUT2D eigenvalue weighted by Crippen LogP contribution is 2.34. The van der Waals surface area contributed by atoms with Gasteiger partial charge in [-0.15, -0.1) is 0 Å². The van der Waals surface area contributed by atoms with E-state index in [-0.39, 0.29) is 11.7 Å². The summed E-state index contributed by atoms with van der Waals surface area (Å²) in [5.41, 5.74) is 3.43. The third-order valence-electron chi connectivity index (χ3n) is 5.08. The molecule has 0 aliphatic carbocycles. The molecule has 3 aromatic carbocycles. The van der Waals surface area contributed by atoms with Crippen LogP contribution in [0.4, 0.5) is 10.1 Å². The predicted octanol–water partition coefficient (Wildman–Crippen LogP) is 4.84.